The molecule has 0 fully saturated rings. The fraction of sp³-hybridized carbons (Fsp3) is 0.400. The van der Waals surface area contributed by atoms with E-state index in [0.29, 0.717) is 0 Å². The molecule has 1 aromatic heterocycles. The maximum atomic E-state index is 5.72. The van der Waals surface area contributed by atoms with Crippen LogP contribution in [0.3, 0.4) is 0 Å². The molecule has 0 aliphatic heterocycles. The Kier molecular flexibility index (Phi) is 4.58. The fourth-order valence-electron chi connectivity index (χ4n) is 2.13. The standard InChI is InChI=1S/C15H22N4/c1-3-4-9-19(2)11-13-10-17-18-15(13)12-5-7-14(16)8-6-12/h5-8,10H,3-4,9,11,16H2,1-2H3,(H,17,18). The number of aromatic amines is 1. The highest BCUT2D eigenvalue weighted by Crippen LogP contribution is 2.23. The molecule has 4 heteroatoms. The topological polar surface area (TPSA) is 57.9 Å². The van der Waals surface area contributed by atoms with Gasteiger partial charge in [0.05, 0.1) is 11.9 Å². The van der Waals surface area contributed by atoms with Crippen LogP contribution in [0.25, 0.3) is 11.3 Å². The maximum Gasteiger partial charge on any atom is 0.0695 e. The Morgan fingerprint density at radius 1 is 1.26 bits per heavy atom. The van der Waals surface area contributed by atoms with Crippen molar-refractivity contribution in [2.24, 2.45) is 0 Å². The van der Waals surface area contributed by atoms with Gasteiger partial charge in [-0.1, -0.05) is 25.5 Å². The molecule has 102 valence electrons. The zero-order chi connectivity index (χ0) is 13.7. The SMILES string of the molecule is CCCCN(C)Cc1cn[nH]c1-c1ccc(N)cc1. The van der Waals surface area contributed by atoms with Crippen LogP contribution in [0, 0.1) is 0 Å². The summed E-state index contributed by atoms with van der Waals surface area (Å²) in [7, 11) is 2.15. The molecule has 0 saturated heterocycles. The second-order valence-electron chi connectivity index (χ2n) is 4.98. The molecule has 0 radical (unpaired) electrons. The Hall–Kier alpha value is -1.81. The summed E-state index contributed by atoms with van der Waals surface area (Å²) in [6, 6.07) is 7.89. The average Bonchev–Trinajstić information content (AvgIpc) is 2.85. The number of nitrogen functional groups attached to an aromatic ring is 1. The summed E-state index contributed by atoms with van der Waals surface area (Å²) in [5, 5.41) is 7.26. The third kappa shape index (κ3) is 3.58. The second-order valence-corrected chi connectivity index (χ2v) is 4.98. The molecule has 0 saturated carbocycles. The number of rotatable bonds is 6. The van der Waals surface area contributed by atoms with Crippen LogP contribution in [0.1, 0.15) is 25.3 Å². The molecule has 0 atom stereocenters. The number of nitrogens with zero attached hydrogens (tertiary/aromatic N) is 2. The molecule has 2 aromatic rings. The molecule has 0 unspecified atom stereocenters. The molecule has 0 spiro atoms. The summed E-state index contributed by atoms with van der Waals surface area (Å²) in [5.41, 5.74) is 9.94. The highest BCUT2D eigenvalue weighted by atomic mass is 15.1. The number of nitrogens with two attached hydrogens (primary N) is 1. The zero-order valence-corrected chi connectivity index (χ0v) is 11.7. The van der Waals surface area contributed by atoms with E-state index >= 15 is 0 Å². The molecule has 0 amide bonds. The van der Waals surface area contributed by atoms with E-state index in [4.69, 9.17) is 5.73 Å². The van der Waals surface area contributed by atoms with Crippen LogP contribution in [0.5, 0.6) is 0 Å². The summed E-state index contributed by atoms with van der Waals surface area (Å²) in [6.45, 7) is 4.24. The molecule has 2 rings (SSSR count). The van der Waals surface area contributed by atoms with Crippen LogP contribution >= 0.6 is 0 Å². The van der Waals surface area contributed by atoms with E-state index in [9.17, 15) is 0 Å². The Labute approximate surface area is 114 Å². The van der Waals surface area contributed by atoms with Crippen LogP contribution in [-0.4, -0.2) is 28.7 Å². The van der Waals surface area contributed by atoms with E-state index in [2.05, 4.69) is 29.1 Å². The summed E-state index contributed by atoms with van der Waals surface area (Å²) in [6.07, 6.45) is 4.36. The smallest absolute Gasteiger partial charge is 0.0695 e. The second kappa shape index (κ2) is 6.38. The minimum absolute atomic E-state index is 0.782. The fourth-order valence-corrected chi connectivity index (χ4v) is 2.13. The van der Waals surface area contributed by atoms with E-state index in [1.807, 2.05) is 30.5 Å². The molecule has 1 heterocycles. The van der Waals surface area contributed by atoms with Crippen molar-refractivity contribution >= 4 is 5.69 Å². The number of nitrogens with one attached hydrogen (secondary N) is 1. The number of hydrogen-bond acceptors (Lipinski definition) is 3. The molecular weight excluding hydrogens is 236 g/mol. The van der Waals surface area contributed by atoms with E-state index in [0.717, 1.165) is 30.0 Å². The lowest BCUT2D eigenvalue weighted by Crippen LogP contribution is -2.19. The van der Waals surface area contributed by atoms with Gasteiger partial charge in [-0.2, -0.15) is 5.10 Å². The van der Waals surface area contributed by atoms with Crippen LogP contribution in [0.2, 0.25) is 0 Å². The van der Waals surface area contributed by atoms with Crippen molar-refractivity contribution < 1.29 is 0 Å². The third-order valence-electron chi connectivity index (χ3n) is 3.25. The van der Waals surface area contributed by atoms with Gasteiger partial charge < -0.3 is 10.6 Å². The van der Waals surface area contributed by atoms with Crippen LogP contribution < -0.4 is 5.73 Å². The molecule has 1 aromatic carbocycles. The first-order valence-electron chi connectivity index (χ1n) is 6.77. The van der Waals surface area contributed by atoms with Gasteiger partial charge in [-0.25, -0.2) is 0 Å². The normalized spacial score (nSPS) is 11.1. The number of hydrogen-bond donors (Lipinski definition) is 2. The summed E-state index contributed by atoms with van der Waals surface area (Å²) in [4.78, 5) is 2.33. The van der Waals surface area contributed by atoms with E-state index < -0.39 is 0 Å². The van der Waals surface area contributed by atoms with E-state index in [1.165, 1.54) is 18.4 Å². The lowest BCUT2D eigenvalue weighted by Gasteiger charge is -2.16. The van der Waals surface area contributed by atoms with Crippen LogP contribution in [-0.2, 0) is 6.54 Å². The van der Waals surface area contributed by atoms with Crippen molar-refractivity contribution in [3.63, 3.8) is 0 Å². The van der Waals surface area contributed by atoms with Gasteiger partial charge in [0.1, 0.15) is 0 Å². The van der Waals surface area contributed by atoms with Gasteiger partial charge in [-0.05, 0) is 32.1 Å². The van der Waals surface area contributed by atoms with Crippen molar-refractivity contribution in [3.8, 4) is 11.3 Å². The zero-order valence-electron chi connectivity index (χ0n) is 11.7. The lowest BCUT2D eigenvalue weighted by atomic mass is 10.1. The highest BCUT2D eigenvalue weighted by Gasteiger charge is 2.09. The predicted octanol–water partition coefficient (Wildman–Crippen LogP) is 2.89. The number of anilines is 1. The summed E-state index contributed by atoms with van der Waals surface area (Å²) < 4.78 is 0. The number of aromatic nitrogens is 2. The average molecular weight is 258 g/mol. The predicted molar refractivity (Wildman–Crippen MR) is 79.7 cm³/mol. The number of unbranched alkanes of at least 4 members (excludes halogenated alkanes) is 1. The quantitative estimate of drug-likeness (QED) is 0.783. The van der Waals surface area contributed by atoms with Crippen molar-refractivity contribution in [2.75, 3.05) is 19.3 Å². The van der Waals surface area contributed by atoms with Crippen molar-refractivity contribution in [3.05, 3.63) is 36.0 Å². The molecule has 0 aliphatic carbocycles. The lowest BCUT2D eigenvalue weighted by molar-refractivity contribution is 0.321. The van der Waals surface area contributed by atoms with Gasteiger partial charge in [0.15, 0.2) is 0 Å². The van der Waals surface area contributed by atoms with Crippen molar-refractivity contribution in [1.29, 1.82) is 0 Å². The number of benzene rings is 1. The first-order valence-corrected chi connectivity index (χ1v) is 6.77. The molecule has 19 heavy (non-hydrogen) atoms. The first-order chi connectivity index (χ1) is 9.20. The van der Waals surface area contributed by atoms with Gasteiger partial charge in [0.2, 0.25) is 0 Å². The highest BCUT2D eigenvalue weighted by molar-refractivity contribution is 5.64. The summed E-state index contributed by atoms with van der Waals surface area (Å²) >= 11 is 0. The van der Waals surface area contributed by atoms with E-state index in [1.54, 1.807) is 0 Å². The Morgan fingerprint density at radius 2 is 2.00 bits per heavy atom. The molecule has 0 bridgehead atoms. The minimum atomic E-state index is 0.782. The van der Waals surface area contributed by atoms with Crippen molar-refractivity contribution in [1.82, 2.24) is 15.1 Å². The van der Waals surface area contributed by atoms with Crippen LogP contribution in [0.4, 0.5) is 5.69 Å². The third-order valence-corrected chi connectivity index (χ3v) is 3.25. The molecule has 0 aliphatic rings. The van der Waals surface area contributed by atoms with Gasteiger partial charge in [0.25, 0.3) is 0 Å². The monoisotopic (exact) mass is 258 g/mol. The Bertz CT molecular complexity index is 501. The number of H-pyrrole nitrogens is 1. The van der Waals surface area contributed by atoms with Crippen LogP contribution in [0.15, 0.2) is 30.5 Å². The molecule has 3 N–H and O–H groups in total. The van der Waals surface area contributed by atoms with Crippen molar-refractivity contribution in [2.45, 2.75) is 26.3 Å². The first kappa shape index (κ1) is 13.6. The van der Waals surface area contributed by atoms with E-state index in [-0.39, 0.29) is 0 Å². The Balaban J connectivity index is 2.11. The van der Waals surface area contributed by atoms with Gasteiger partial charge in [-0.15, -0.1) is 0 Å². The van der Waals surface area contributed by atoms with Gasteiger partial charge in [-0.3, -0.25) is 5.10 Å². The van der Waals surface area contributed by atoms with Gasteiger partial charge >= 0.3 is 0 Å². The largest absolute Gasteiger partial charge is 0.399 e. The molecule has 4 nitrogen and oxygen atoms in total. The summed E-state index contributed by atoms with van der Waals surface area (Å²) in [5.74, 6) is 0. The maximum absolute atomic E-state index is 5.72. The van der Waals surface area contributed by atoms with Gasteiger partial charge in [0, 0.05) is 23.4 Å². The molecular formula is C15H22N4. The Morgan fingerprint density at radius 3 is 2.68 bits per heavy atom. The minimum Gasteiger partial charge on any atom is -0.399 e.